The summed E-state index contributed by atoms with van der Waals surface area (Å²) in [5.74, 6) is 1.13. The molecule has 2 N–H and O–H groups in total. The van der Waals surface area contributed by atoms with Crippen LogP contribution in [-0.4, -0.2) is 16.6 Å². The fourth-order valence-corrected chi connectivity index (χ4v) is 1.68. The van der Waals surface area contributed by atoms with Crippen LogP contribution in [0.25, 0.3) is 10.8 Å². The van der Waals surface area contributed by atoms with E-state index < -0.39 is 0 Å². The number of unbranched alkanes of at least 4 members (excludes halogenated alkanes) is 1. The molecule has 3 heteroatoms. The molecule has 0 aliphatic heterocycles. The van der Waals surface area contributed by atoms with Crippen LogP contribution >= 0.6 is 0 Å². The van der Waals surface area contributed by atoms with Crippen LogP contribution in [0.2, 0.25) is 0 Å². The summed E-state index contributed by atoms with van der Waals surface area (Å²) in [5.41, 5.74) is 0. The number of fused-ring (bicyclic) bond motifs is 1. The minimum absolute atomic E-state index is 0.277. The van der Waals surface area contributed by atoms with Crippen molar-refractivity contribution in [1.29, 1.82) is 0 Å². The maximum absolute atomic E-state index is 9.47. The Morgan fingerprint density at radius 1 is 1.31 bits per heavy atom. The van der Waals surface area contributed by atoms with Crippen molar-refractivity contribution < 1.29 is 5.11 Å². The first-order valence-corrected chi connectivity index (χ1v) is 5.63. The Morgan fingerprint density at radius 3 is 3.00 bits per heavy atom. The number of hydrogen-bond acceptors (Lipinski definition) is 3. The third kappa shape index (κ3) is 2.24. The minimum atomic E-state index is 0.277. The zero-order valence-corrected chi connectivity index (χ0v) is 9.40. The summed E-state index contributed by atoms with van der Waals surface area (Å²) < 4.78 is 0. The monoisotopic (exact) mass is 216 g/mol. The summed E-state index contributed by atoms with van der Waals surface area (Å²) in [4.78, 5) is 4.30. The SMILES string of the molecule is CCCCNc1nccc2ccc(O)cc12. The van der Waals surface area contributed by atoms with Crippen LogP contribution in [0.1, 0.15) is 19.8 Å². The third-order valence-corrected chi connectivity index (χ3v) is 2.57. The second-order valence-electron chi connectivity index (χ2n) is 3.85. The van der Waals surface area contributed by atoms with Crippen LogP contribution in [-0.2, 0) is 0 Å². The van der Waals surface area contributed by atoms with Crippen molar-refractivity contribution >= 4 is 16.6 Å². The first kappa shape index (κ1) is 10.7. The van der Waals surface area contributed by atoms with Crippen LogP contribution < -0.4 is 5.32 Å². The Morgan fingerprint density at radius 2 is 2.19 bits per heavy atom. The topological polar surface area (TPSA) is 45.2 Å². The van der Waals surface area contributed by atoms with Crippen LogP contribution in [0, 0.1) is 0 Å². The molecule has 0 spiro atoms. The number of benzene rings is 1. The number of nitrogens with zero attached hydrogens (tertiary/aromatic N) is 1. The Labute approximate surface area is 95.1 Å². The van der Waals surface area contributed by atoms with Gasteiger partial charge in [-0.1, -0.05) is 19.4 Å². The van der Waals surface area contributed by atoms with E-state index in [1.165, 1.54) is 0 Å². The van der Waals surface area contributed by atoms with E-state index in [1.54, 1.807) is 18.3 Å². The molecule has 2 aromatic rings. The molecular formula is C13H16N2O. The Hall–Kier alpha value is -1.77. The van der Waals surface area contributed by atoms with Gasteiger partial charge in [0.15, 0.2) is 0 Å². The van der Waals surface area contributed by atoms with Gasteiger partial charge in [0.1, 0.15) is 11.6 Å². The Bertz CT molecular complexity index is 482. The van der Waals surface area contributed by atoms with Gasteiger partial charge in [-0.25, -0.2) is 4.98 Å². The number of phenolic OH excluding ortho intramolecular Hbond substituents is 1. The van der Waals surface area contributed by atoms with Crippen LogP contribution in [0.15, 0.2) is 30.5 Å². The zero-order chi connectivity index (χ0) is 11.4. The van der Waals surface area contributed by atoms with E-state index in [1.807, 2.05) is 12.1 Å². The number of aromatic hydroxyl groups is 1. The molecular weight excluding hydrogens is 200 g/mol. The number of aromatic nitrogens is 1. The molecule has 1 heterocycles. The van der Waals surface area contributed by atoms with Crippen LogP contribution in [0.4, 0.5) is 5.82 Å². The second-order valence-corrected chi connectivity index (χ2v) is 3.85. The van der Waals surface area contributed by atoms with E-state index in [2.05, 4.69) is 17.2 Å². The summed E-state index contributed by atoms with van der Waals surface area (Å²) in [5, 5.41) is 14.8. The summed E-state index contributed by atoms with van der Waals surface area (Å²) in [7, 11) is 0. The molecule has 0 aliphatic carbocycles. The first-order chi connectivity index (χ1) is 7.81. The molecule has 0 aliphatic rings. The summed E-state index contributed by atoms with van der Waals surface area (Å²) in [6.45, 7) is 3.07. The lowest BCUT2D eigenvalue weighted by atomic mass is 10.1. The summed E-state index contributed by atoms with van der Waals surface area (Å²) in [6.07, 6.45) is 4.06. The molecule has 0 amide bonds. The van der Waals surface area contributed by atoms with E-state index in [4.69, 9.17) is 0 Å². The number of phenols is 1. The fourth-order valence-electron chi connectivity index (χ4n) is 1.68. The molecule has 0 bridgehead atoms. The van der Waals surface area contributed by atoms with Crippen molar-refractivity contribution in [3.63, 3.8) is 0 Å². The van der Waals surface area contributed by atoms with Gasteiger partial charge in [-0.3, -0.25) is 0 Å². The predicted molar refractivity (Wildman–Crippen MR) is 66.8 cm³/mol. The van der Waals surface area contributed by atoms with Gasteiger partial charge in [0.05, 0.1) is 0 Å². The maximum atomic E-state index is 9.47. The molecule has 0 saturated carbocycles. The molecule has 1 aromatic heterocycles. The van der Waals surface area contributed by atoms with Gasteiger partial charge in [0.2, 0.25) is 0 Å². The highest BCUT2D eigenvalue weighted by molar-refractivity contribution is 5.92. The lowest BCUT2D eigenvalue weighted by Gasteiger charge is -2.08. The Kier molecular flexibility index (Phi) is 3.25. The predicted octanol–water partition coefficient (Wildman–Crippen LogP) is 3.15. The van der Waals surface area contributed by atoms with Crippen LogP contribution in [0.5, 0.6) is 5.75 Å². The average Bonchev–Trinajstić information content (AvgIpc) is 2.30. The summed E-state index contributed by atoms with van der Waals surface area (Å²) in [6, 6.07) is 7.28. The average molecular weight is 216 g/mol. The lowest BCUT2D eigenvalue weighted by molar-refractivity contribution is 0.476. The zero-order valence-electron chi connectivity index (χ0n) is 9.40. The van der Waals surface area contributed by atoms with Crippen molar-refractivity contribution in [2.75, 3.05) is 11.9 Å². The maximum Gasteiger partial charge on any atom is 0.133 e. The van der Waals surface area contributed by atoms with E-state index in [9.17, 15) is 5.11 Å². The largest absolute Gasteiger partial charge is 0.508 e. The molecule has 3 nitrogen and oxygen atoms in total. The van der Waals surface area contributed by atoms with Gasteiger partial charge in [-0.2, -0.15) is 0 Å². The molecule has 0 saturated heterocycles. The molecule has 0 atom stereocenters. The molecule has 0 fully saturated rings. The highest BCUT2D eigenvalue weighted by Crippen LogP contribution is 2.24. The van der Waals surface area contributed by atoms with Gasteiger partial charge in [0.25, 0.3) is 0 Å². The van der Waals surface area contributed by atoms with E-state index in [0.29, 0.717) is 0 Å². The molecule has 1 aromatic carbocycles. The first-order valence-electron chi connectivity index (χ1n) is 5.63. The summed E-state index contributed by atoms with van der Waals surface area (Å²) >= 11 is 0. The normalized spacial score (nSPS) is 10.6. The molecule has 2 rings (SSSR count). The van der Waals surface area contributed by atoms with E-state index in [-0.39, 0.29) is 5.75 Å². The molecule has 16 heavy (non-hydrogen) atoms. The number of nitrogens with one attached hydrogen (secondary N) is 1. The minimum Gasteiger partial charge on any atom is -0.508 e. The highest BCUT2D eigenvalue weighted by atomic mass is 16.3. The second kappa shape index (κ2) is 4.84. The van der Waals surface area contributed by atoms with Gasteiger partial charge in [-0.05, 0) is 30.0 Å². The number of pyridine rings is 1. The van der Waals surface area contributed by atoms with E-state index >= 15 is 0 Å². The van der Waals surface area contributed by atoms with Crippen molar-refractivity contribution in [1.82, 2.24) is 4.98 Å². The standard InChI is InChI=1S/C13H16N2O/c1-2-3-7-14-13-12-9-11(16)5-4-10(12)6-8-15-13/h4-6,8-9,16H,2-3,7H2,1H3,(H,14,15). The van der Waals surface area contributed by atoms with Gasteiger partial charge < -0.3 is 10.4 Å². The van der Waals surface area contributed by atoms with Crippen molar-refractivity contribution in [2.24, 2.45) is 0 Å². The van der Waals surface area contributed by atoms with Crippen molar-refractivity contribution in [3.8, 4) is 5.75 Å². The molecule has 0 unspecified atom stereocenters. The van der Waals surface area contributed by atoms with Crippen LogP contribution in [0.3, 0.4) is 0 Å². The number of anilines is 1. The van der Waals surface area contributed by atoms with Gasteiger partial charge in [-0.15, -0.1) is 0 Å². The fraction of sp³-hybridized carbons (Fsp3) is 0.308. The molecule has 0 radical (unpaired) electrons. The third-order valence-electron chi connectivity index (χ3n) is 2.57. The number of hydrogen-bond donors (Lipinski definition) is 2. The van der Waals surface area contributed by atoms with Gasteiger partial charge >= 0.3 is 0 Å². The molecule has 84 valence electrons. The Balaban J connectivity index is 2.32. The van der Waals surface area contributed by atoms with Crippen molar-refractivity contribution in [2.45, 2.75) is 19.8 Å². The highest BCUT2D eigenvalue weighted by Gasteiger charge is 2.02. The van der Waals surface area contributed by atoms with E-state index in [0.717, 1.165) is 36.0 Å². The number of rotatable bonds is 4. The quantitative estimate of drug-likeness (QED) is 0.772. The van der Waals surface area contributed by atoms with Gasteiger partial charge in [0, 0.05) is 18.1 Å². The van der Waals surface area contributed by atoms with Crippen molar-refractivity contribution in [3.05, 3.63) is 30.5 Å². The lowest BCUT2D eigenvalue weighted by Crippen LogP contribution is -2.03. The smallest absolute Gasteiger partial charge is 0.133 e.